The Balaban J connectivity index is 2.84. The van der Waals surface area contributed by atoms with E-state index in [2.05, 4.69) is 28.6 Å². The number of aliphatic carboxylic acids is 1. The Hall–Kier alpha value is -3.36. The molecule has 194 valence electrons. The molecule has 14 heteroatoms. The maximum Gasteiger partial charge on any atom is 0.326 e. The second-order valence-electron chi connectivity index (χ2n) is 7.85. The van der Waals surface area contributed by atoms with E-state index in [0.717, 1.165) is 0 Å². The van der Waals surface area contributed by atoms with Gasteiger partial charge in [-0.3, -0.25) is 19.2 Å². The number of carbonyl (C=O) groups excluding carboxylic acids is 4. The van der Waals surface area contributed by atoms with E-state index < -0.39 is 59.9 Å². The van der Waals surface area contributed by atoms with Crippen molar-refractivity contribution in [3.63, 3.8) is 0 Å². The lowest BCUT2D eigenvalue weighted by Crippen LogP contribution is -2.60. The van der Waals surface area contributed by atoms with Crippen molar-refractivity contribution < 1.29 is 39.3 Å². The van der Waals surface area contributed by atoms with E-state index in [4.69, 9.17) is 11.5 Å². The van der Waals surface area contributed by atoms with Gasteiger partial charge < -0.3 is 42.7 Å². The highest BCUT2D eigenvalue weighted by Crippen LogP contribution is 2.12. The Morgan fingerprint density at radius 3 is 2.03 bits per heavy atom. The topological polar surface area (TPSA) is 234 Å². The summed E-state index contributed by atoms with van der Waals surface area (Å²) < 4.78 is 0. The number of amides is 4. The molecule has 0 heterocycles. The molecule has 1 aromatic rings. The Morgan fingerprint density at radius 1 is 0.971 bits per heavy atom. The summed E-state index contributed by atoms with van der Waals surface area (Å²) in [6.45, 7) is 1.22. The van der Waals surface area contributed by atoms with Crippen LogP contribution in [-0.4, -0.2) is 80.9 Å². The van der Waals surface area contributed by atoms with Crippen LogP contribution < -0.4 is 27.4 Å². The van der Waals surface area contributed by atoms with Crippen molar-refractivity contribution in [3.8, 4) is 5.75 Å². The average molecular weight is 514 g/mol. The van der Waals surface area contributed by atoms with Crippen LogP contribution in [0.4, 0.5) is 0 Å². The van der Waals surface area contributed by atoms with Gasteiger partial charge in [0.2, 0.25) is 23.6 Å². The van der Waals surface area contributed by atoms with Gasteiger partial charge in [0.1, 0.15) is 23.9 Å². The number of primary amides is 1. The number of benzene rings is 1. The van der Waals surface area contributed by atoms with Gasteiger partial charge in [-0.25, -0.2) is 4.79 Å². The van der Waals surface area contributed by atoms with Gasteiger partial charge in [0.05, 0.1) is 12.1 Å². The molecule has 0 aliphatic carbocycles. The highest BCUT2D eigenvalue weighted by Gasteiger charge is 2.32. The first kappa shape index (κ1) is 29.7. The van der Waals surface area contributed by atoms with E-state index >= 15 is 0 Å². The monoisotopic (exact) mass is 513 g/mol. The Labute approximate surface area is 207 Å². The number of hydrogen-bond acceptors (Lipinski definition) is 9. The van der Waals surface area contributed by atoms with E-state index in [1.54, 1.807) is 0 Å². The number of thiol groups is 1. The Morgan fingerprint density at radius 2 is 1.54 bits per heavy atom. The number of carbonyl (C=O) groups is 5. The van der Waals surface area contributed by atoms with Crippen molar-refractivity contribution in [2.24, 2.45) is 11.5 Å². The minimum Gasteiger partial charge on any atom is -0.508 e. The summed E-state index contributed by atoms with van der Waals surface area (Å²) in [5, 5.41) is 35.7. The number of aromatic hydroxyl groups is 1. The molecule has 35 heavy (non-hydrogen) atoms. The standard InChI is InChI=1S/C21H31N5O8S/c1-10(27)17(20(32)24-14(21(33)34)8-11-2-4-12(28)5-3-11)26-19(31)15(9-35)25-18(30)13(22)6-7-16(23)29/h2-5,10,13-15,17,27-28,35H,6-9,22H2,1H3,(H2,23,29)(H,24,32)(H,25,30)(H,26,31)(H,33,34). The summed E-state index contributed by atoms with van der Waals surface area (Å²) in [6.07, 6.45) is -1.72. The maximum atomic E-state index is 12.7. The van der Waals surface area contributed by atoms with Crippen LogP contribution in [0.3, 0.4) is 0 Å². The minimum absolute atomic E-state index is 0.0128. The van der Waals surface area contributed by atoms with Crippen molar-refractivity contribution in [1.82, 2.24) is 16.0 Å². The van der Waals surface area contributed by atoms with Gasteiger partial charge in [0.15, 0.2) is 0 Å². The highest BCUT2D eigenvalue weighted by atomic mass is 32.1. The first-order chi connectivity index (χ1) is 16.3. The van der Waals surface area contributed by atoms with Gasteiger partial charge in [-0.05, 0) is 31.0 Å². The van der Waals surface area contributed by atoms with Crippen LogP contribution in [0.5, 0.6) is 5.75 Å². The zero-order chi connectivity index (χ0) is 26.7. The van der Waals surface area contributed by atoms with Crippen LogP contribution in [0.15, 0.2) is 24.3 Å². The number of aliphatic hydroxyl groups excluding tert-OH is 1. The SMILES string of the molecule is CC(O)C(NC(=O)C(CS)NC(=O)C(N)CCC(N)=O)C(=O)NC(Cc1ccc(O)cc1)C(=O)O. The van der Waals surface area contributed by atoms with Gasteiger partial charge in [0, 0.05) is 18.6 Å². The number of carboxylic acids is 1. The van der Waals surface area contributed by atoms with E-state index in [-0.39, 0.29) is 30.8 Å². The van der Waals surface area contributed by atoms with Gasteiger partial charge in [0.25, 0.3) is 0 Å². The van der Waals surface area contributed by atoms with Crippen molar-refractivity contribution in [2.45, 2.75) is 56.5 Å². The normalized spacial score (nSPS) is 15.1. The number of carboxylic acid groups (broad SMARTS) is 1. The molecule has 5 atom stereocenters. The predicted molar refractivity (Wildman–Crippen MR) is 127 cm³/mol. The lowest BCUT2D eigenvalue weighted by atomic mass is 10.0. The number of nitrogens with one attached hydrogen (secondary N) is 3. The summed E-state index contributed by atoms with van der Waals surface area (Å²) >= 11 is 4.00. The van der Waals surface area contributed by atoms with Crippen LogP contribution in [-0.2, 0) is 30.4 Å². The predicted octanol–water partition coefficient (Wildman–Crippen LogP) is -2.62. The molecule has 0 aromatic heterocycles. The Kier molecular flexibility index (Phi) is 12.0. The molecule has 0 aliphatic heterocycles. The largest absolute Gasteiger partial charge is 0.508 e. The smallest absolute Gasteiger partial charge is 0.326 e. The van der Waals surface area contributed by atoms with Crippen LogP contribution in [0.1, 0.15) is 25.3 Å². The molecule has 0 aliphatic rings. The fraction of sp³-hybridized carbons (Fsp3) is 0.476. The van der Waals surface area contributed by atoms with Crippen molar-refractivity contribution >= 4 is 42.2 Å². The van der Waals surface area contributed by atoms with E-state index in [9.17, 15) is 39.3 Å². The quantitative estimate of drug-likeness (QED) is 0.118. The molecule has 0 bridgehead atoms. The lowest BCUT2D eigenvalue weighted by Gasteiger charge is -2.26. The first-order valence-corrected chi connectivity index (χ1v) is 11.2. The van der Waals surface area contributed by atoms with E-state index in [1.165, 1.54) is 31.2 Å². The zero-order valence-electron chi connectivity index (χ0n) is 19.0. The first-order valence-electron chi connectivity index (χ1n) is 10.6. The van der Waals surface area contributed by atoms with Crippen molar-refractivity contribution in [3.05, 3.63) is 29.8 Å². The molecular weight excluding hydrogens is 482 g/mol. The molecule has 0 saturated carbocycles. The zero-order valence-corrected chi connectivity index (χ0v) is 19.9. The van der Waals surface area contributed by atoms with E-state index in [1.807, 2.05) is 0 Å². The van der Waals surface area contributed by atoms with Crippen LogP contribution in [0.2, 0.25) is 0 Å². The minimum atomic E-state index is -1.55. The van der Waals surface area contributed by atoms with Gasteiger partial charge in [-0.2, -0.15) is 12.6 Å². The average Bonchev–Trinajstić information content (AvgIpc) is 2.79. The number of phenols is 1. The van der Waals surface area contributed by atoms with Gasteiger partial charge >= 0.3 is 5.97 Å². The summed E-state index contributed by atoms with van der Waals surface area (Å²) in [7, 11) is 0. The summed E-state index contributed by atoms with van der Waals surface area (Å²) in [6, 6.07) is 0.387. The molecule has 0 fully saturated rings. The molecule has 0 radical (unpaired) electrons. The second kappa shape index (κ2) is 14.1. The fourth-order valence-corrected chi connectivity index (χ4v) is 3.15. The fourth-order valence-electron chi connectivity index (χ4n) is 2.89. The second-order valence-corrected chi connectivity index (χ2v) is 8.22. The third kappa shape index (κ3) is 10.2. The van der Waals surface area contributed by atoms with E-state index in [0.29, 0.717) is 5.56 Å². The molecular formula is C21H31N5O8S. The molecule has 1 aromatic carbocycles. The third-order valence-corrected chi connectivity index (χ3v) is 5.27. The van der Waals surface area contributed by atoms with Crippen LogP contribution >= 0.6 is 12.6 Å². The molecule has 4 amide bonds. The molecule has 1 rings (SSSR count). The van der Waals surface area contributed by atoms with Crippen molar-refractivity contribution in [2.75, 3.05) is 5.75 Å². The van der Waals surface area contributed by atoms with Gasteiger partial charge in [-0.1, -0.05) is 12.1 Å². The number of hydrogen-bond donors (Lipinski definition) is 9. The number of nitrogens with two attached hydrogens (primary N) is 2. The lowest BCUT2D eigenvalue weighted by molar-refractivity contribution is -0.143. The molecule has 0 saturated heterocycles. The number of phenolic OH excluding ortho intramolecular Hbond substituents is 1. The summed E-state index contributed by atoms with van der Waals surface area (Å²) in [5.74, 6) is -4.80. The molecule has 5 unspecified atom stereocenters. The third-order valence-electron chi connectivity index (χ3n) is 4.91. The molecule has 10 N–H and O–H groups in total. The van der Waals surface area contributed by atoms with Crippen LogP contribution in [0, 0.1) is 0 Å². The summed E-state index contributed by atoms with van der Waals surface area (Å²) in [5.41, 5.74) is 11.2. The van der Waals surface area contributed by atoms with Gasteiger partial charge in [-0.15, -0.1) is 0 Å². The molecule has 0 spiro atoms. The van der Waals surface area contributed by atoms with Crippen molar-refractivity contribution in [1.29, 1.82) is 0 Å². The highest BCUT2D eigenvalue weighted by molar-refractivity contribution is 7.80. The summed E-state index contributed by atoms with van der Waals surface area (Å²) in [4.78, 5) is 60.0. The maximum absolute atomic E-state index is 12.7. The number of aliphatic hydroxyl groups is 1. The molecule has 13 nitrogen and oxygen atoms in total. The van der Waals surface area contributed by atoms with Crippen LogP contribution in [0.25, 0.3) is 0 Å². The number of rotatable bonds is 14. The Bertz CT molecular complexity index is 911.